The molecule has 9 heteroatoms. The standard InChI is InChI=1S/C32H32N2O7/c35-29(40-19-21-9-2-1-3-10-21)17-28(30(36)34-16-8-11-22(18-34)31(37)38)33-32(39)41-20-27-25-14-6-4-12-23(25)24-13-5-7-15-26(24)27/h1-7,9-10,12-15,22,27-28H,8,11,16-20H2,(H,33,39)(H,37,38)/t22-,28-/m0/s1. The number of alkyl carbamates (subject to hydrolysis) is 1. The Balaban J connectivity index is 1.26. The van der Waals surface area contributed by atoms with E-state index in [9.17, 15) is 24.3 Å². The smallest absolute Gasteiger partial charge is 0.407 e. The quantitative estimate of drug-likeness (QED) is 0.376. The van der Waals surface area contributed by atoms with Gasteiger partial charge in [-0.1, -0.05) is 78.9 Å². The van der Waals surface area contributed by atoms with Crippen molar-refractivity contribution < 1.29 is 33.8 Å². The zero-order valence-corrected chi connectivity index (χ0v) is 22.5. The lowest BCUT2D eigenvalue weighted by molar-refractivity contribution is -0.151. The number of likely N-dealkylation sites (tertiary alicyclic amines) is 1. The van der Waals surface area contributed by atoms with Crippen molar-refractivity contribution in [2.45, 2.75) is 37.8 Å². The highest BCUT2D eigenvalue weighted by atomic mass is 16.5. The molecule has 0 bridgehead atoms. The molecule has 1 saturated heterocycles. The van der Waals surface area contributed by atoms with E-state index in [2.05, 4.69) is 5.32 Å². The number of ether oxygens (including phenoxy) is 2. The van der Waals surface area contributed by atoms with Gasteiger partial charge in [-0.25, -0.2) is 4.79 Å². The average molecular weight is 557 g/mol. The van der Waals surface area contributed by atoms with Gasteiger partial charge in [0.05, 0.1) is 12.3 Å². The number of benzene rings is 3. The van der Waals surface area contributed by atoms with E-state index in [1.54, 1.807) is 0 Å². The van der Waals surface area contributed by atoms with Gasteiger partial charge in [-0.05, 0) is 40.7 Å². The van der Waals surface area contributed by atoms with E-state index in [0.717, 1.165) is 27.8 Å². The Bertz CT molecular complexity index is 1380. The largest absolute Gasteiger partial charge is 0.481 e. The SMILES string of the molecule is O=C(C[C@H](NC(=O)OCC1c2ccccc2-c2ccccc21)C(=O)N1CCC[C@H](C(=O)O)C1)OCc1ccccc1. The zero-order chi connectivity index (χ0) is 28.8. The van der Waals surface area contributed by atoms with Crippen molar-refractivity contribution in [2.24, 2.45) is 5.92 Å². The van der Waals surface area contributed by atoms with Crippen molar-refractivity contribution in [1.29, 1.82) is 0 Å². The molecule has 212 valence electrons. The van der Waals surface area contributed by atoms with Crippen LogP contribution in [-0.4, -0.2) is 59.7 Å². The molecular weight excluding hydrogens is 524 g/mol. The fourth-order valence-electron chi connectivity index (χ4n) is 5.55. The first-order chi connectivity index (χ1) is 19.9. The van der Waals surface area contributed by atoms with Crippen LogP contribution >= 0.6 is 0 Å². The van der Waals surface area contributed by atoms with Gasteiger partial charge < -0.3 is 24.8 Å². The van der Waals surface area contributed by atoms with Crippen LogP contribution in [0.1, 0.15) is 41.9 Å². The van der Waals surface area contributed by atoms with Crippen molar-refractivity contribution >= 4 is 23.9 Å². The average Bonchev–Trinajstić information content (AvgIpc) is 3.32. The Morgan fingerprint density at radius 1 is 0.878 bits per heavy atom. The van der Waals surface area contributed by atoms with Gasteiger partial charge in [0, 0.05) is 19.0 Å². The summed E-state index contributed by atoms with van der Waals surface area (Å²) >= 11 is 0. The molecule has 0 radical (unpaired) electrons. The minimum Gasteiger partial charge on any atom is -0.481 e. The summed E-state index contributed by atoms with van der Waals surface area (Å²) < 4.78 is 11.0. The summed E-state index contributed by atoms with van der Waals surface area (Å²) in [5, 5.41) is 12.0. The highest BCUT2D eigenvalue weighted by Crippen LogP contribution is 2.44. The summed E-state index contributed by atoms with van der Waals surface area (Å²) in [4.78, 5) is 52.1. The third-order valence-corrected chi connectivity index (χ3v) is 7.63. The molecule has 1 aliphatic heterocycles. The van der Waals surface area contributed by atoms with Crippen LogP contribution in [0.3, 0.4) is 0 Å². The molecule has 1 fully saturated rings. The second-order valence-corrected chi connectivity index (χ2v) is 10.3. The molecule has 0 unspecified atom stereocenters. The van der Waals surface area contributed by atoms with Crippen molar-refractivity contribution in [3.63, 3.8) is 0 Å². The van der Waals surface area contributed by atoms with Gasteiger partial charge in [-0.15, -0.1) is 0 Å². The third-order valence-electron chi connectivity index (χ3n) is 7.63. The number of amides is 2. The first kappa shape index (κ1) is 27.9. The molecule has 2 aliphatic rings. The van der Waals surface area contributed by atoms with Crippen molar-refractivity contribution in [1.82, 2.24) is 10.2 Å². The summed E-state index contributed by atoms with van der Waals surface area (Å²) in [6.07, 6.45) is -0.279. The van der Waals surface area contributed by atoms with E-state index in [1.807, 2.05) is 78.9 Å². The molecule has 3 aromatic rings. The lowest BCUT2D eigenvalue weighted by Crippen LogP contribution is -2.53. The summed E-state index contributed by atoms with van der Waals surface area (Å²) in [7, 11) is 0. The lowest BCUT2D eigenvalue weighted by atomic mass is 9.97. The number of carbonyl (C=O) groups excluding carboxylic acids is 3. The number of carboxylic acid groups (broad SMARTS) is 1. The minimum absolute atomic E-state index is 0.0100. The van der Waals surface area contributed by atoms with E-state index < -0.39 is 42.3 Å². The fraction of sp³-hybridized carbons (Fsp3) is 0.312. The van der Waals surface area contributed by atoms with Crippen LogP contribution in [-0.2, 0) is 30.5 Å². The Morgan fingerprint density at radius 2 is 1.51 bits per heavy atom. The van der Waals surface area contributed by atoms with Gasteiger partial charge in [-0.3, -0.25) is 14.4 Å². The number of esters is 1. The van der Waals surface area contributed by atoms with E-state index in [4.69, 9.17) is 9.47 Å². The molecule has 1 heterocycles. The Morgan fingerprint density at radius 3 is 2.17 bits per heavy atom. The molecule has 1 aliphatic carbocycles. The minimum atomic E-state index is -1.26. The Hall–Kier alpha value is -4.66. The van der Waals surface area contributed by atoms with Crippen LogP contribution < -0.4 is 5.32 Å². The summed E-state index contributed by atoms with van der Waals surface area (Å²) in [5.41, 5.74) is 5.06. The molecule has 3 aromatic carbocycles. The number of carboxylic acids is 1. The maximum atomic E-state index is 13.5. The van der Waals surface area contributed by atoms with Gasteiger partial charge in [-0.2, -0.15) is 0 Å². The fourth-order valence-corrected chi connectivity index (χ4v) is 5.55. The maximum absolute atomic E-state index is 13.5. The van der Waals surface area contributed by atoms with Crippen LogP contribution in [0.2, 0.25) is 0 Å². The molecule has 0 spiro atoms. The third kappa shape index (κ3) is 6.57. The Kier molecular flexibility index (Phi) is 8.62. The van der Waals surface area contributed by atoms with E-state index in [0.29, 0.717) is 19.4 Å². The normalized spacial score (nSPS) is 16.7. The number of carbonyl (C=O) groups is 4. The predicted molar refractivity (Wildman–Crippen MR) is 150 cm³/mol. The van der Waals surface area contributed by atoms with Gasteiger partial charge >= 0.3 is 18.0 Å². The number of nitrogens with zero attached hydrogens (tertiary/aromatic N) is 1. The number of hydrogen-bond acceptors (Lipinski definition) is 6. The highest BCUT2D eigenvalue weighted by molar-refractivity contribution is 5.90. The van der Waals surface area contributed by atoms with Gasteiger partial charge in [0.15, 0.2) is 0 Å². The van der Waals surface area contributed by atoms with Crippen LogP contribution in [0, 0.1) is 5.92 Å². The number of rotatable bonds is 9. The molecule has 5 rings (SSSR count). The number of piperidine rings is 1. The molecule has 41 heavy (non-hydrogen) atoms. The van der Waals surface area contributed by atoms with Gasteiger partial charge in [0.2, 0.25) is 5.91 Å². The van der Waals surface area contributed by atoms with Crippen LogP contribution in [0.4, 0.5) is 4.79 Å². The molecule has 2 N–H and O–H groups in total. The predicted octanol–water partition coefficient (Wildman–Crippen LogP) is 4.35. The number of hydrogen-bond donors (Lipinski definition) is 2. The van der Waals surface area contributed by atoms with Crippen molar-refractivity contribution in [3.8, 4) is 11.1 Å². The second kappa shape index (κ2) is 12.7. The molecule has 0 aromatic heterocycles. The van der Waals surface area contributed by atoms with E-state index >= 15 is 0 Å². The van der Waals surface area contributed by atoms with Crippen molar-refractivity contribution in [3.05, 3.63) is 95.6 Å². The Labute approximate surface area is 238 Å². The van der Waals surface area contributed by atoms with Gasteiger partial charge in [0.1, 0.15) is 19.3 Å². The van der Waals surface area contributed by atoms with Crippen molar-refractivity contribution in [2.75, 3.05) is 19.7 Å². The molecule has 0 saturated carbocycles. The first-order valence-electron chi connectivity index (χ1n) is 13.7. The molecule has 2 amide bonds. The number of aliphatic carboxylic acids is 1. The van der Waals surface area contributed by atoms with E-state index in [-0.39, 0.29) is 25.7 Å². The summed E-state index contributed by atoms with van der Waals surface area (Å²) in [6.45, 7) is 0.418. The van der Waals surface area contributed by atoms with Gasteiger partial charge in [0.25, 0.3) is 0 Å². The van der Waals surface area contributed by atoms with E-state index in [1.165, 1.54) is 4.90 Å². The van der Waals surface area contributed by atoms with Crippen LogP contribution in [0.15, 0.2) is 78.9 Å². The highest BCUT2D eigenvalue weighted by Gasteiger charge is 2.35. The van der Waals surface area contributed by atoms with Crippen LogP contribution in [0.5, 0.6) is 0 Å². The maximum Gasteiger partial charge on any atom is 0.407 e. The second-order valence-electron chi connectivity index (χ2n) is 10.3. The monoisotopic (exact) mass is 556 g/mol. The lowest BCUT2D eigenvalue weighted by Gasteiger charge is -2.33. The molecule has 9 nitrogen and oxygen atoms in total. The van der Waals surface area contributed by atoms with Crippen LogP contribution in [0.25, 0.3) is 11.1 Å². The number of nitrogens with one attached hydrogen (secondary N) is 1. The zero-order valence-electron chi connectivity index (χ0n) is 22.5. The summed E-state index contributed by atoms with van der Waals surface area (Å²) in [5.74, 6) is -3.06. The first-order valence-corrected chi connectivity index (χ1v) is 13.7. The topological polar surface area (TPSA) is 122 Å². The summed E-state index contributed by atoms with van der Waals surface area (Å²) in [6, 6.07) is 23.7. The molecule has 2 atom stereocenters. The molecular formula is C32H32N2O7. The number of fused-ring (bicyclic) bond motifs is 3.